The van der Waals surface area contributed by atoms with Crippen LogP contribution in [0.2, 0.25) is 0 Å². The molecule has 3 heterocycles. The predicted molar refractivity (Wildman–Crippen MR) is 100 cm³/mol. The third-order valence-corrected chi connectivity index (χ3v) is 5.09. The normalized spacial score (nSPS) is 18.7. The highest BCUT2D eigenvalue weighted by atomic mass is 16.3. The number of anilines is 1. The summed E-state index contributed by atoms with van der Waals surface area (Å²) >= 11 is 0. The number of benzene rings is 2. The van der Waals surface area contributed by atoms with Crippen molar-refractivity contribution in [3.05, 3.63) is 93.8 Å². The summed E-state index contributed by atoms with van der Waals surface area (Å²) in [5.41, 5.74) is 5.02. The van der Waals surface area contributed by atoms with Crippen LogP contribution in [0.1, 0.15) is 34.3 Å². The molecule has 2 atom stereocenters. The van der Waals surface area contributed by atoms with Crippen molar-refractivity contribution in [3.63, 3.8) is 0 Å². The minimum atomic E-state index is -0.174. The van der Waals surface area contributed by atoms with Crippen molar-refractivity contribution in [1.82, 2.24) is 10.2 Å². The highest BCUT2D eigenvalue weighted by molar-refractivity contribution is 5.97. The fourth-order valence-electron chi connectivity index (χ4n) is 3.94. The molecule has 0 bridgehead atoms. The Morgan fingerprint density at radius 3 is 2.77 bits per heavy atom. The van der Waals surface area contributed by atoms with E-state index >= 15 is 0 Å². The van der Waals surface area contributed by atoms with Gasteiger partial charge in [0.2, 0.25) is 0 Å². The molecule has 1 aliphatic rings. The Kier molecular flexibility index (Phi) is 3.22. The van der Waals surface area contributed by atoms with Crippen LogP contribution in [0.15, 0.2) is 70.3 Å². The first-order valence-electron chi connectivity index (χ1n) is 8.59. The number of nitrogens with zero attached hydrogens (tertiary/aromatic N) is 1. The zero-order valence-electron chi connectivity index (χ0n) is 14.2. The Balaban J connectivity index is 1.81. The summed E-state index contributed by atoms with van der Waals surface area (Å²) in [6, 6.07) is 16.1. The van der Waals surface area contributed by atoms with Gasteiger partial charge in [-0.15, -0.1) is 0 Å². The van der Waals surface area contributed by atoms with Crippen LogP contribution in [0.5, 0.6) is 0 Å². The molecular weight excluding hydrogens is 326 g/mol. The van der Waals surface area contributed by atoms with E-state index in [1.54, 1.807) is 12.5 Å². The molecule has 0 spiro atoms. The molecule has 0 saturated heterocycles. The van der Waals surface area contributed by atoms with Crippen LogP contribution in [-0.2, 0) is 0 Å². The molecule has 1 aliphatic heterocycles. The lowest BCUT2D eigenvalue weighted by molar-refractivity contribution is 0.554. The van der Waals surface area contributed by atoms with Crippen LogP contribution in [-0.4, -0.2) is 10.2 Å². The van der Waals surface area contributed by atoms with Gasteiger partial charge in [-0.05, 0) is 30.7 Å². The first-order chi connectivity index (χ1) is 12.7. The Labute approximate surface area is 149 Å². The smallest absolute Gasteiger partial charge is 0.272 e. The molecule has 0 radical (unpaired) electrons. The maximum absolute atomic E-state index is 12.2. The fraction of sp³-hybridized carbons (Fsp3) is 0.143. The van der Waals surface area contributed by atoms with E-state index in [1.165, 1.54) is 11.1 Å². The first-order valence-corrected chi connectivity index (χ1v) is 8.59. The summed E-state index contributed by atoms with van der Waals surface area (Å²) in [5, 5.41) is 12.3. The maximum Gasteiger partial charge on any atom is 0.272 e. The number of hydrogen-bond acceptors (Lipinski definition) is 4. The number of nitrogens with one attached hydrogen (secondary N) is 2. The summed E-state index contributed by atoms with van der Waals surface area (Å²) in [4.78, 5) is 12.2. The van der Waals surface area contributed by atoms with Crippen LogP contribution >= 0.6 is 0 Å². The molecule has 0 amide bonds. The second-order valence-electron chi connectivity index (χ2n) is 6.74. The first kappa shape index (κ1) is 15.0. The van der Waals surface area contributed by atoms with Crippen LogP contribution in [0.25, 0.3) is 10.8 Å². The summed E-state index contributed by atoms with van der Waals surface area (Å²) < 4.78 is 5.36. The zero-order valence-corrected chi connectivity index (χ0v) is 14.2. The zero-order chi connectivity index (χ0) is 17.7. The van der Waals surface area contributed by atoms with Crippen molar-refractivity contribution in [1.29, 1.82) is 0 Å². The largest absolute Gasteiger partial charge is 0.472 e. The second-order valence-corrected chi connectivity index (χ2v) is 6.74. The molecule has 0 aliphatic carbocycles. The number of aryl methyl sites for hydroxylation is 1. The molecule has 4 aromatic rings. The van der Waals surface area contributed by atoms with Gasteiger partial charge >= 0.3 is 0 Å². The summed E-state index contributed by atoms with van der Waals surface area (Å²) in [6.45, 7) is 2.09. The third kappa shape index (κ3) is 2.17. The average molecular weight is 343 g/mol. The fourth-order valence-corrected chi connectivity index (χ4v) is 3.94. The number of rotatable bonds is 2. The molecule has 5 nitrogen and oxygen atoms in total. The standard InChI is InChI=1S/C21H17N3O2/c1-12-4-2-5-13(10-12)19-17(14-8-9-26-11-14)20-18-15(21(25)24-23-20)6-3-7-16(18)22-19/h2-11,17,19,22H,1H3,(H,24,25). The maximum atomic E-state index is 12.2. The molecule has 2 unspecified atom stereocenters. The van der Waals surface area contributed by atoms with Gasteiger partial charge in [0.1, 0.15) is 0 Å². The molecule has 0 saturated carbocycles. The van der Waals surface area contributed by atoms with Gasteiger partial charge in [-0.1, -0.05) is 35.9 Å². The summed E-state index contributed by atoms with van der Waals surface area (Å²) in [6.07, 6.45) is 3.42. The lowest BCUT2D eigenvalue weighted by Crippen LogP contribution is -2.27. The molecule has 128 valence electrons. The number of hydrogen-bond donors (Lipinski definition) is 2. The van der Waals surface area contributed by atoms with E-state index < -0.39 is 0 Å². The Bertz CT molecular complexity index is 1160. The van der Waals surface area contributed by atoms with Crippen LogP contribution in [0.3, 0.4) is 0 Å². The number of furan rings is 1. The van der Waals surface area contributed by atoms with Crippen molar-refractivity contribution < 1.29 is 4.42 Å². The van der Waals surface area contributed by atoms with E-state index in [2.05, 4.69) is 46.7 Å². The molecule has 0 fully saturated rings. The minimum Gasteiger partial charge on any atom is -0.472 e. The van der Waals surface area contributed by atoms with Crippen LogP contribution in [0, 0.1) is 6.92 Å². The monoisotopic (exact) mass is 343 g/mol. The molecule has 2 aromatic carbocycles. The van der Waals surface area contributed by atoms with Crippen molar-refractivity contribution in [2.45, 2.75) is 18.9 Å². The third-order valence-electron chi connectivity index (χ3n) is 5.09. The molecule has 5 heteroatoms. The lowest BCUT2D eigenvalue weighted by Gasteiger charge is -2.34. The van der Waals surface area contributed by atoms with Crippen molar-refractivity contribution in [2.75, 3.05) is 5.32 Å². The summed E-state index contributed by atoms with van der Waals surface area (Å²) in [7, 11) is 0. The van der Waals surface area contributed by atoms with Gasteiger partial charge in [-0.2, -0.15) is 5.10 Å². The van der Waals surface area contributed by atoms with Crippen LogP contribution in [0.4, 0.5) is 5.69 Å². The van der Waals surface area contributed by atoms with E-state index in [1.807, 2.05) is 24.3 Å². The summed E-state index contributed by atoms with van der Waals surface area (Å²) in [5.74, 6) is -0.0650. The van der Waals surface area contributed by atoms with Gasteiger partial charge in [0.05, 0.1) is 35.6 Å². The van der Waals surface area contributed by atoms with Gasteiger partial charge in [-0.3, -0.25) is 4.79 Å². The molecule has 5 rings (SSSR count). The quantitative estimate of drug-likeness (QED) is 0.574. The second kappa shape index (κ2) is 5.59. The van der Waals surface area contributed by atoms with Crippen LogP contribution < -0.4 is 10.9 Å². The number of aromatic amines is 1. The highest BCUT2D eigenvalue weighted by Gasteiger charge is 2.35. The van der Waals surface area contributed by atoms with E-state index in [0.29, 0.717) is 5.39 Å². The van der Waals surface area contributed by atoms with E-state index in [4.69, 9.17) is 4.42 Å². The molecule has 2 aromatic heterocycles. The Morgan fingerprint density at radius 2 is 1.96 bits per heavy atom. The highest BCUT2D eigenvalue weighted by Crippen LogP contribution is 2.46. The van der Waals surface area contributed by atoms with Gasteiger partial charge in [0.15, 0.2) is 0 Å². The van der Waals surface area contributed by atoms with Crippen molar-refractivity contribution in [3.8, 4) is 0 Å². The molecular formula is C21H17N3O2. The molecule has 2 N–H and O–H groups in total. The Morgan fingerprint density at radius 1 is 1.08 bits per heavy atom. The topological polar surface area (TPSA) is 70.9 Å². The van der Waals surface area contributed by atoms with Gasteiger partial charge in [0, 0.05) is 16.6 Å². The van der Waals surface area contributed by atoms with E-state index in [-0.39, 0.29) is 17.5 Å². The van der Waals surface area contributed by atoms with E-state index in [0.717, 1.165) is 22.3 Å². The van der Waals surface area contributed by atoms with E-state index in [9.17, 15) is 4.79 Å². The average Bonchev–Trinajstić information content (AvgIpc) is 3.18. The van der Waals surface area contributed by atoms with Crippen molar-refractivity contribution >= 4 is 16.5 Å². The minimum absolute atomic E-state index is 0.0102. The van der Waals surface area contributed by atoms with Gasteiger partial charge in [-0.25, -0.2) is 5.10 Å². The van der Waals surface area contributed by atoms with Gasteiger partial charge in [0.25, 0.3) is 5.56 Å². The SMILES string of the molecule is Cc1cccc(C2Nc3cccc4c(=O)[nH]nc(c34)C2c2ccoc2)c1. The lowest BCUT2D eigenvalue weighted by atomic mass is 9.81. The number of aromatic nitrogens is 2. The van der Waals surface area contributed by atoms with Gasteiger partial charge < -0.3 is 9.73 Å². The van der Waals surface area contributed by atoms with Crippen molar-refractivity contribution in [2.24, 2.45) is 0 Å². The predicted octanol–water partition coefficient (Wildman–Crippen LogP) is 4.12. The Hall–Kier alpha value is -3.34. The molecule has 26 heavy (non-hydrogen) atoms. The number of H-pyrrole nitrogens is 1.